The van der Waals surface area contributed by atoms with Crippen molar-refractivity contribution in [3.05, 3.63) is 24.3 Å². The molecule has 2 atom stereocenters. The molecule has 0 saturated heterocycles. The number of hydrogen-bond acceptors (Lipinski definition) is 5. The van der Waals surface area contributed by atoms with Crippen LogP contribution >= 0.6 is 8.18 Å². The van der Waals surface area contributed by atoms with Gasteiger partial charge in [0.1, 0.15) is 11.8 Å². The molecule has 7 heteroatoms. The van der Waals surface area contributed by atoms with Gasteiger partial charge in [0.15, 0.2) is 5.75 Å². The topological polar surface area (TPSA) is 73.9 Å². The summed E-state index contributed by atoms with van der Waals surface area (Å²) in [4.78, 5) is 11.6. The number of carbonyl (C=O) groups is 1. The van der Waals surface area contributed by atoms with Crippen molar-refractivity contribution in [2.24, 2.45) is 0 Å². The Labute approximate surface area is 119 Å². The lowest BCUT2D eigenvalue weighted by molar-refractivity contribution is -0.148. The highest BCUT2D eigenvalue weighted by molar-refractivity contribution is 7.37. The fourth-order valence-electron chi connectivity index (χ4n) is 1.33. The van der Waals surface area contributed by atoms with Crippen molar-refractivity contribution in [3.63, 3.8) is 0 Å². The van der Waals surface area contributed by atoms with Crippen molar-refractivity contribution in [2.75, 3.05) is 7.11 Å². The lowest BCUT2D eigenvalue weighted by atomic mass is 10.3. The lowest BCUT2D eigenvalue weighted by Gasteiger charge is -2.10. The van der Waals surface area contributed by atoms with Gasteiger partial charge in [-0.25, -0.2) is 4.52 Å². The highest BCUT2D eigenvalue weighted by Gasteiger charge is 2.28. The van der Waals surface area contributed by atoms with Gasteiger partial charge in [-0.15, -0.1) is 0 Å². The molecule has 0 radical (unpaired) electrons. The van der Waals surface area contributed by atoms with Crippen molar-refractivity contribution in [1.82, 2.24) is 5.09 Å². The van der Waals surface area contributed by atoms with Gasteiger partial charge < -0.3 is 9.47 Å². The summed E-state index contributed by atoms with van der Waals surface area (Å²) in [6, 6.07) is 6.00. The summed E-state index contributed by atoms with van der Waals surface area (Å²) in [5, 5.41) is 2.54. The number of rotatable bonds is 7. The summed E-state index contributed by atoms with van der Waals surface area (Å²) in [5.41, 5.74) is 0. The van der Waals surface area contributed by atoms with E-state index in [0.29, 0.717) is 11.5 Å². The van der Waals surface area contributed by atoms with Crippen LogP contribution in [0.1, 0.15) is 20.8 Å². The molecule has 1 aromatic carbocycles. The molecule has 110 valence electrons. The summed E-state index contributed by atoms with van der Waals surface area (Å²) in [7, 11) is -0.698. The van der Waals surface area contributed by atoms with E-state index in [2.05, 4.69) is 5.09 Å². The third-order valence-electron chi connectivity index (χ3n) is 2.23. The second-order valence-electron chi connectivity index (χ2n) is 4.36. The first kappa shape index (κ1) is 16.4. The second kappa shape index (κ2) is 7.82. The Bertz CT molecular complexity index is 478. The largest absolute Gasteiger partial charge is 0.664 e. The van der Waals surface area contributed by atoms with Crippen molar-refractivity contribution in [1.29, 1.82) is 0 Å². The van der Waals surface area contributed by atoms with Crippen molar-refractivity contribution < 1.29 is 23.4 Å². The van der Waals surface area contributed by atoms with E-state index in [1.165, 1.54) is 7.11 Å². The van der Waals surface area contributed by atoms with E-state index in [1.807, 2.05) is 0 Å². The van der Waals surface area contributed by atoms with Crippen LogP contribution in [0, 0.1) is 0 Å². The molecular weight excluding hydrogens is 281 g/mol. The molecule has 0 spiro atoms. The Hall–Kier alpha value is -1.65. The SMILES string of the molecule is COc1cccc(O[P+](=O)N[C@@H](C)C(=O)OC(C)C)c1. The molecule has 0 aromatic heterocycles. The monoisotopic (exact) mass is 300 g/mol. The van der Waals surface area contributed by atoms with Crippen LogP contribution in [0.2, 0.25) is 0 Å². The first-order valence-electron chi connectivity index (χ1n) is 6.18. The summed E-state index contributed by atoms with van der Waals surface area (Å²) < 4.78 is 27.0. The Morgan fingerprint density at radius 3 is 2.50 bits per heavy atom. The number of hydrogen-bond donors (Lipinski definition) is 1. The predicted molar refractivity (Wildman–Crippen MR) is 75.1 cm³/mol. The van der Waals surface area contributed by atoms with Crippen molar-refractivity contribution >= 4 is 14.1 Å². The van der Waals surface area contributed by atoms with Gasteiger partial charge in [0.2, 0.25) is 0 Å². The predicted octanol–water partition coefficient (Wildman–Crippen LogP) is 2.66. The molecule has 0 fully saturated rings. The zero-order valence-corrected chi connectivity index (χ0v) is 12.8. The van der Waals surface area contributed by atoms with Crippen LogP contribution in [0.5, 0.6) is 11.5 Å². The Morgan fingerprint density at radius 1 is 1.25 bits per heavy atom. The molecule has 0 aliphatic rings. The van der Waals surface area contributed by atoms with E-state index in [9.17, 15) is 9.36 Å². The number of ether oxygens (including phenoxy) is 2. The van der Waals surface area contributed by atoms with E-state index in [0.717, 1.165) is 0 Å². The van der Waals surface area contributed by atoms with E-state index >= 15 is 0 Å². The first-order valence-corrected chi connectivity index (χ1v) is 7.36. The Balaban J connectivity index is 2.52. The zero-order valence-electron chi connectivity index (χ0n) is 12.0. The van der Waals surface area contributed by atoms with Crippen molar-refractivity contribution in [2.45, 2.75) is 32.9 Å². The Morgan fingerprint density at radius 2 is 1.90 bits per heavy atom. The van der Waals surface area contributed by atoms with Gasteiger partial charge in [0.05, 0.1) is 13.2 Å². The number of nitrogens with one attached hydrogen (secondary N) is 1. The second-order valence-corrected chi connectivity index (χ2v) is 5.32. The third kappa shape index (κ3) is 5.55. The molecule has 0 amide bonds. The standard InChI is InChI=1S/C13H19NO5P/c1-9(2)18-13(15)10(3)14-20(16)19-12-7-5-6-11(8-12)17-4/h5-10H,1-4H3,(H,14,16)/q+1/t10-/m0/s1. The number of methoxy groups -OCH3 is 1. The van der Waals surface area contributed by atoms with E-state index in [4.69, 9.17) is 14.0 Å². The van der Waals surface area contributed by atoms with Crippen LogP contribution in [-0.2, 0) is 14.1 Å². The zero-order chi connectivity index (χ0) is 15.1. The minimum absolute atomic E-state index is 0.219. The van der Waals surface area contributed by atoms with Gasteiger partial charge >= 0.3 is 14.1 Å². The Kier molecular flexibility index (Phi) is 6.42. The van der Waals surface area contributed by atoms with Crippen molar-refractivity contribution in [3.8, 4) is 11.5 Å². The molecule has 0 heterocycles. The van der Waals surface area contributed by atoms with Gasteiger partial charge in [-0.05, 0) is 32.9 Å². The highest BCUT2D eigenvalue weighted by atomic mass is 31.1. The normalized spacial score (nSPS) is 12.8. The van der Waals surface area contributed by atoms with E-state index in [-0.39, 0.29) is 6.10 Å². The molecule has 6 nitrogen and oxygen atoms in total. The molecule has 1 N–H and O–H groups in total. The third-order valence-corrected chi connectivity index (χ3v) is 3.21. The van der Waals surface area contributed by atoms with E-state index in [1.54, 1.807) is 45.0 Å². The maximum Gasteiger partial charge on any atom is 0.664 e. The van der Waals surface area contributed by atoms with Crippen LogP contribution in [-0.4, -0.2) is 25.2 Å². The van der Waals surface area contributed by atoms with Gasteiger partial charge in [0, 0.05) is 10.6 Å². The smallest absolute Gasteiger partial charge is 0.497 e. The van der Waals surface area contributed by atoms with Crippen LogP contribution in [0.15, 0.2) is 24.3 Å². The summed E-state index contributed by atoms with van der Waals surface area (Å²) in [6.45, 7) is 5.06. The number of esters is 1. The molecule has 20 heavy (non-hydrogen) atoms. The first-order chi connectivity index (χ1) is 9.42. The molecule has 0 aliphatic heterocycles. The van der Waals surface area contributed by atoms with Crippen LogP contribution < -0.4 is 14.3 Å². The maximum absolute atomic E-state index is 11.8. The number of benzene rings is 1. The van der Waals surface area contributed by atoms with Gasteiger partial charge in [-0.3, -0.25) is 4.79 Å². The molecule has 0 aliphatic carbocycles. The fourth-order valence-corrected chi connectivity index (χ4v) is 2.10. The molecule has 0 bridgehead atoms. The van der Waals surface area contributed by atoms with Gasteiger partial charge in [-0.2, -0.15) is 0 Å². The minimum atomic E-state index is -2.23. The molecule has 1 unspecified atom stereocenters. The quantitative estimate of drug-likeness (QED) is 0.616. The van der Waals surface area contributed by atoms with Crippen LogP contribution in [0.3, 0.4) is 0 Å². The van der Waals surface area contributed by atoms with Crippen LogP contribution in [0.4, 0.5) is 0 Å². The average Bonchev–Trinajstić information content (AvgIpc) is 2.37. The fraction of sp³-hybridized carbons (Fsp3) is 0.462. The molecule has 0 saturated carbocycles. The molecular formula is C13H19NO5P+. The number of carbonyl (C=O) groups excluding carboxylic acids is 1. The average molecular weight is 300 g/mol. The summed E-state index contributed by atoms with van der Waals surface area (Å²) in [6.07, 6.45) is -0.219. The van der Waals surface area contributed by atoms with Crippen LogP contribution in [0.25, 0.3) is 0 Å². The summed E-state index contributed by atoms with van der Waals surface area (Å²) in [5.74, 6) is 0.512. The van der Waals surface area contributed by atoms with Gasteiger partial charge in [-0.1, -0.05) is 11.2 Å². The van der Waals surface area contributed by atoms with E-state index < -0.39 is 20.2 Å². The maximum atomic E-state index is 11.8. The minimum Gasteiger partial charge on any atom is -0.497 e. The lowest BCUT2D eigenvalue weighted by Crippen LogP contribution is -2.33. The summed E-state index contributed by atoms with van der Waals surface area (Å²) >= 11 is 0. The van der Waals surface area contributed by atoms with Gasteiger partial charge in [0.25, 0.3) is 0 Å². The highest BCUT2D eigenvalue weighted by Crippen LogP contribution is 2.27. The molecule has 1 rings (SSSR count). The molecule has 1 aromatic rings.